The van der Waals surface area contributed by atoms with E-state index < -0.39 is 6.98 Å². The van der Waals surface area contributed by atoms with Crippen molar-refractivity contribution >= 4 is 38.5 Å². The lowest BCUT2D eigenvalue weighted by molar-refractivity contribution is 0.481. The second kappa shape index (κ2) is 11.2. The van der Waals surface area contributed by atoms with Crippen molar-refractivity contribution in [2.24, 2.45) is 0 Å². The van der Waals surface area contributed by atoms with E-state index in [0.717, 1.165) is 66.7 Å². The van der Waals surface area contributed by atoms with Crippen LogP contribution in [0.25, 0.3) is 55.5 Å². The number of para-hydroxylation sites is 2. The third-order valence-electron chi connectivity index (χ3n) is 9.08. The maximum absolute atomic E-state index is 7.76. The normalized spacial score (nSPS) is 14.1. The first-order valence-electron chi connectivity index (χ1n) is 17.5. The van der Waals surface area contributed by atoms with E-state index in [4.69, 9.17) is 13.8 Å². The molecule has 4 heterocycles. The summed E-state index contributed by atoms with van der Waals surface area (Å²) in [4.78, 5) is 8.32. The number of benzene rings is 5. The maximum atomic E-state index is 7.76. The molecule has 48 heavy (non-hydrogen) atoms. The molecule has 6 nitrogen and oxygen atoms in total. The predicted octanol–water partition coefficient (Wildman–Crippen LogP) is 10.1. The lowest BCUT2D eigenvalue weighted by atomic mass is 10.0. The van der Waals surface area contributed by atoms with Crippen molar-refractivity contribution in [2.75, 3.05) is 18.5 Å². The van der Waals surface area contributed by atoms with Gasteiger partial charge in [0.05, 0.1) is 28.7 Å². The summed E-state index contributed by atoms with van der Waals surface area (Å²) >= 11 is 0. The second-order valence-corrected chi connectivity index (χ2v) is 12.1. The van der Waals surface area contributed by atoms with Gasteiger partial charge in [0.15, 0.2) is 0 Å². The highest BCUT2D eigenvalue weighted by Gasteiger charge is 2.23. The average molecular weight is 627 g/mol. The van der Waals surface area contributed by atoms with E-state index in [1.807, 2.05) is 53.6 Å². The van der Waals surface area contributed by atoms with Crippen molar-refractivity contribution in [2.45, 2.75) is 6.92 Å². The molecule has 0 amide bonds. The Balaban J connectivity index is 1.21. The minimum Gasteiger partial charge on any atom is -0.457 e. The summed E-state index contributed by atoms with van der Waals surface area (Å²) in [5.41, 5.74) is 9.53. The number of ether oxygens (including phenoxy) is 1. The Bertz CT molecular complexity index is 2610. The molecule has 8 aromatic rings. The van der Waals surface area contributed by atoms with Gasteiger partial charge >= 0.3 is 0 Å². The molecule has 1 aliphatic rings. The van der Waals surface area contributed by atoms with Crippen molar-refractivity contribution in [3.05, 3.63) is 158 Å². The molecule has 232 valence electrons. The van der Waals surface area contributed by atoms with Crippen LogP contribution in [0.3, 0.4) is 0 Å². The fraction of sp³-hybridized carbons (Fsp3) is 0.0714. The van der Waals surface area contributed by atoms with Crippen LogP contribution in [-0.2, 0) is 0 Å². The molecule has 0 unspecified atom stereocenters. The summed E-state index contributed by atoms with van der Waals surface area (Å²) in [7, 11) is 0. The highest BCUT2D eigenvalue weighted by Crippen LogP contribution is 2.42. The van der Waals surface area contributed by atoms with Gasteiger partial charge in [-0.05, 0) is 66.6 Å². The van der Waals surface area contributed by atoms with Crippen molar-refractivity contribution in [1.82, 2.24) is 19.0 Å². The van der Waals surface area contributed by atoms with Crippen LogP contribution in [0.15, 0.2) is 152 Å². The maximum Gasteiger partial charge on any atom is 0.137 e. The molecule has 0 fully saturated rings. The third kappa shape index (κ3) is 4.61. The number of anilines is 1. The van der Waals surface area contributed by atoms with Crippen molar-refractivity contribution < 1.29 is 8.85 Å². The number of aromatic nitrogens is 3. The lowest BCUT2D eigenvalue weighted by Crippen LogP contribution is -2.21. The Kier molecular flexibility index (Phi) is 5.81. The Morgan fingerprint density at radius 2 is 1.38 bits per heavy atom. The van der Waals surface area contributed by atoms with Gasteiger partial charge in [0.25, 0.3) is 0 Å². The summed E-state index contributed by atoms with van der Waals surface area (Å²) in [6.45, 7) is 0.174. The van der Waals surface area contributed by atoms with Crippen LogP contribution in [0.5, 0.6) is 11.5 Å². The van der Waals surface area contributed by atoms with Crippen LogP contribution in [0.4, 0.5) is 5.69 Å². The van der Waals surface area contributed by atoms with Crippen LogP contribution in [0, 0.1) is 6.92 Å². The summed E-state index contributed by atoms with van der Waals surface area (Å²) in [6, 6.07) is 45.4. The number of nitrogens with zero attached hydrogens (tertiary/aromatic N) is 5. The summed E-state index contributed by atoms with van der Waals surface area (Å²) < 4.78 is 34.4. The first-order valence-corrected chi connectivity index (χ1v) is 16.0. The molecule has 3 aromatic heterocycles. The standard InChI is InChI=1S/C42H33N5O/c1-29-24-40(43-27-37(29)30-12-5-3-6-13-30)47-39-26-34(48-33-17-11-16-32(25-33)45-23-22-44(2)28-45)20-21-36(39)41-42(47)35-18-9-10-19-38(35)46(41)31-14-7-4-8-15-31/h3-27H,28H2,1-2H3/i2D3. The zero-order valence-corrected chi connectivity index (χ0v) is 26.3. The molecule has 0 atom stereocenters. The smallest absolute Gasteiger partial charge is 0.137 e. The fourth-order valence-electron chi connectivity index (χ4n) is 6.89. The largest absolute Gasteiger partial charge is 0.457 e. The number of pyridine rings is 1. The molecule has 0 spiro atoms. The molecular formula is C42H33N5O. The van der Waals surface area contributed by atoms with Gasteiger partial charge in [-0.1, -0.05) is 72.8 Å². The quantitative estimate of drug-likeness (QED) is 0.184. The van der Waals surface area contributed by atoms with Gasteiger partial charge in [0, 0.05) is 69.5 Å². The Hall–Kier alpha value is -6.27. The molecule has 1 aliphatic heterocycles. The van der Waals surface area contributed by atoms with Gasteiger partial charge in [0.1, 0.15) is 17.3 Å². The van der Waals surface area contributed by atoms with E-state index >= 15 is 0 Å². The predicted molar refractivity (Wildman–Crippen MR) is 196 cm³/mol. The Labute approximate surface area is 283 Å². The molecule has 9 rings (SSSR count). The van der Waals surface area contributed by atoms with Gasteiger partial charge in [-0.15, -0.1) is 0 Å². The van der Waals surface area contributed by atoms with E-state index in [-0.39, 0.29) is 6.67 Å². The molecule has 0 N–H and O–H groups in total. The van der Waals surface area contributed by atoms with E-state index in [9.17, 15) is 0 Å². The molecule has 0 saturated heterocycles. The van der Waals surface area contributed by atoms with Gasteiger partial charge in [-0.3, -0.25) is 4.57 Å². The monoisotopic (exact) mass is 626 g/mol. The Morgan fingerprint density at radius 1 is 0.646 bits per heavy atom. The molecular weight excluding hydrogens is 590 g/mol. The zero-order chi connectivity index (χ0) is 34.7. The molecule has 6 heteroatoms. The van der Waals surface area contributed by atoms with Gasteiger partial charge in [0.2, 0.25) is 0 Å². The van der Waals surface area contributed by atoms with E-state index in [1.54, 1.807) is 12.4 Å². The summed E-state index contributed by atoms with van der Waals surface area (Å²) in [5, 5.41) is 2.20. The van der Waals surface area contributed by atoms with E-state index in [1.165, 1.54) is 4.90 Å². The van der Waals surface area contributed by atoms with Crippen LogP contribution >= 0.6 is 0 Å². The fourth-order valence-corrected chi connectivity index (χ4v) is 6.89. The van der Waals surface area contributed by atoms with E-state index in [2.05, 4.69) is 107 Å². The van der Waals surface area contributed by atoms with Crippen LogP contribution in [0.1, 0.15) is 9.68 Å². The first-order chi connectivity index (χ1) is 24.8. The lowest BCUT2D eigenvalue weighted by Gasteiger charge is -2.19. The Morgan fingerprint density at radius 3 is 2.19 bits per heavy atom. The van der Waals surface area contributed by atoms with Crippen molar-refractivity contribution in [3.8, 4) is 34.1 Å². The molecule has 0 radical (unpaired) electrons. The molecule has 0 saturated carbocycles. The van der Waals surface area contributed by atoms with Gasteiger partial charge < -0.3 is 19.1 Å². The minimum atomic E-state index is -2.20. The zero-order valence-electron chi connectivity index (χ0n) is 29.3. The minimum absolute atomic E-state index is 0.236. The summed E-state index contributed by atoms with van der Waals surface area (Å²) in [6.07, 6.45) is 5.35. The van der Waals surface area contributed by atoms with Crippen molar-refractivity contribution in [3.63, 3.8) is 0 Å². The number of hydrogen-bond acceptors (Lipinski definition) is 4. The van der Waals surface area contributed by atoms with Crippen LogP contribution in [-0.4, -0.2) is 32.7 Å². The first kappa shape index (κ1) is 24.9. The van der Waals surface area contributed by atoms with Gasteiger partial charge in [-0.2, -0.15) is 0 Å². The highest BCUT2D eigenvalue weighted by molar-refractivity contribution is 6.20. The number of fused-ring (bicyclic) bond motifs is 5. The number of rotatable bonds is 6. The highest BCUT2D eigenvalue weighted by atomic mass is 16.5. The number of aryl methyl sites for hydroxylation is 1. The average Bonchev–Trinajstić information content (AvgIpc) is 3.86. The van der Waals surface area contributed by atoms with Crippen LogP contribution in [0.2, 0.25) is 0 Å². The van der Waals surface area contributed by atoms with E-state index in [0.29, 0.717) is 11.5 Å². The third-order valence-corrected chi connectivity index (χ3v) is 9.08. The molecule has 0 bridgehead atoms. The molecule has 0 aliphatic carbocycles. The number of hydrogen-bond donors (Lipinski definition) is 0. The SMILES string of the molecule is [2H]C([2H])([2H])N1C=CN(c2cccc(Oc3ccc4c(c3)n(-c3cc(C)c(-c5ccccc5)cn3)c3c5ccccc5n(-c5ccccc5)c43)c2)C1. The molecule has 5 aromatic carbocycles. The second-order valence-electron chi connectivity index (χ2n) is 12.1. The topological polar surface area (TPSA) is 38.5 Å². The van der Waals surface area contributed by atoms with Crippen LogP contribution < -0.4 is 9.64 Å². The van der Waals surface area contributed by atoms with Crippen molar-refractivity contribution in [1.29, 1.82) is 0 Å². The summed E-state index contributed by atoms with van der Waals surface area (Å²) in [5.74, 6) is 2.15. The van der Waals surface area contributed by atoms with Gasteiger partial charge in [-0.25, -0.2) is 4.98 Å².